The second kappa shape index (κ2) is 4.97. The molecule has 2 aliphatic rings. The average molecular weight is 261 g/mol. The zero-order valence-electron chi connectivity index (χ0n) is 12.4. The Balaban J connectivity index is 2.43. The smallest absolute Gasteiger partial charge is 0.217 e. The molecule has 0 aromatic rings. The Kier molecular flexibility index (Phi) is 3.68. The van der Waals surface area contributed by atoms with E-state index in [4.69, 9.17) is 4.74 Å². The monoisotopic (exact) mass is 261 g/mol. The third-order valence-electron chi connectivity index (χ3n) is 4.50. The summed E-state index contributed by atoms with van der Waals surface area (Å²) in [5.74, 6) is 0.271. The van der Waals surface area contributed by atoms with Gasteiger partial charge in [-0.25, -0.2) is 0 Å². The lowest BCUT2D eigenvalue weighted by molar-refractivity contribution is -0.121. The number of allylic oxidation sites excluding steroid dienone is 5. The maximum absolute atomic E-state index is 11.4. The Morgan fingerprint density at radius 2 is 2.11 bits per heavy atom. The molecule has 0 radical (unpaired) electrons. The van der Waals surface area contributed by atoms with Crippen LogP contribution in [0.15, 0.2) is 35.5 Å². The van der Waals surface area contributed by atoms with Crippen LogP contribution in [0.1, 0.15) is 27.7 Å². The molecule has 0 aliphatic heterocycles. The fraction of sp³-hybridized carbons (Fsp3) is 0.562. The third kappa shape index (κ3) is 2.39. The van der Waals surface area contributed by atoms with Crippen molar-refractivity contribution < 1.29 is 9.53 Å². The number of carbonyl (C=O) groups is 1. The summed E-state index contributed by atoms with van der Waals surface area (Å²) >= 11 is 0. The van der Waals surface area contributed by atoms with Crippen molar-refractivity contribution in [2.45, 2.75) is 39.8 Å². The molecule has 2 rings (SSSR count). The van der Waals surface area contributed by atoms with Gasteiger partial charge in [0.25, 0.3) is 0 Å². The fourth-order valence-corrected chi connectivity index (χ4v) is 3.23. The van der Waals surface area contributed by atoms with Gasteiger partial charge in [0.05, 0.1) is 12.1 Å². The Hall–Kier alpha value is -1.35. The molecule has 19 heavy (non-hydrogen) atoms. The number of fused-ring (bicyclic) bond motifs is 1. The van der Waals surface area contributed by atoms with Crippen molar-refractivity contribution in [2.75, 3.05) is 7.11 Å². The molecule has 0 aromatic heterocycles. The molecule has 0 spiro atoms. The van der Waals surface area contributed by atoms with Crippen LogP contribution in [0.2, 0.25) is 0 Å². The molecular formula is C16H23NO2. The second-order valence-electron chi connectivity index (χ2n) is 5.84. The van der Waals surface area contributed by atoms with Gasteiger partial charge in [0.1, 0.15) is 0 Å². The molecule has 0 unspecified atom stereocenters. The van der Waals surface area contributed by atoms with Crippen molar-refractivity contribution in [2.24, 2.45) is 11.3 Å². The van der Waals surface area contributed by atoms with Crippen LogP contribution in [0.25, 0.3) is 0 Å². The molecule has 4 atom stereocenters. The van der Waals surface area contributed by atoms with Gasteiger partial charge in [-0.3, -0.25) is 4.79 Å². The van der Waals surface area contributed by atoms with E-state index in [1.54, 1.807) is 14.0 Å². The predicted octanol–water partition coefficient (Wildman–Crippen LogP) is 2.60. The van der Waals surface area contributed by atoms with Gasteiger partial charge in [0.15, 0.2) is 0 Å². The second-order valence-corrected chi connectivity index (χ2v) is 5.84. The largest absolute Gasteiger partial charge is 0.375 e. The van der Waals surface area contributed by atoms with Crippen molar-refractivity contribution in [1.82, 2.24) is 5.32 Å². The number of ether oxygens (including phenoxy) is 1. The highest BCUT2D eigenvalue weighted by molar-refractivity contribution is 5.73. The minimum atomic E-state index is -0.0709. The lowest BCUT2D eigenvalue weighted by Crippen LogP contribution is -2.54. The minimum Gasteiger partial charge on any atom is -0.375 e. The molecule has 1 N–H and O–H groups in total. The molecule has 0 heterocycles. The summed E-state index contributed by atoms with van der Waals surface area (Å²) in [6.07, 6.45) is 8.66. The lowest BCUT2D eigenvalue weighted by Gasteiger charge is -2.47. The molecule has 0 saturated carbocycles. The van der Waals surface area contributed by atoms with E-state index in [0.717, 1.165) is 0 Å². The standard InChI is InChI=1S/C16H23NO2/c1-10-6-7-13-8-14(19-5)15(17-12(3)18)11(2)16(13,4)9-10/h6-9,11,14-15H,1-5H3,(H,17,18)/t11-,14+,15+,16+/m0/s1. The quantitative estimate of drug-likeness (QED) is 0.829. The van der Waals surface area contributed by atoms with Gasteiger partial charge in [0.2, 0.25) is 5.91 Å². The van der Waals surface area contributed by atoms with Crippen molar-refractivity contribution in [3.63, 3.8) is 0 Å². The van der Waals surface area contributed by atoms with Gasteiger partial charge in [-0.2, -0.15) is 0 Å². The van der Waals surface area contributed by atoms with Crippen LogP contribution in [0, 0.1) is 11.3 Å². The number of nitrogens with one attached hydrogen (secondary N) is 1. The summed E-state index contributed by atoms with van der Waals surface area (Å²) in [5.41, 5.74) is 2.50. The Morgan fingerprint density at radius 1 is 1.42 bits per heavy atom. The third-order valence-corrected chi connectivity index (χ3v) is 4.50. The highest BCUT2D eigenvalue weighted by Gasteiger charge is 2.44. The Bertz CT molecular complexity index is 475. The van der Waals surface area contributed by atoms with Crippen molar-refractivity contribution in [3.8, 4) is 0 Å². The molecule has 3 heteroatoms. The summed E-state index contributed by atoms with van der Waals surface area (Å²) in [7, 11) is 1.69. The first-order chi connectivity index (χ1) is 8.88. The molecule has 2 aliphatic carbocycles. The van der Waals surface area contributed by atoms with E-state index in [9.17, 15) is 4.79 Å². The summed E-state index contributed by atoms with van der Waals surface area (Å²) in [6.45, 7) is 8.09. The molecule has 0 fully saturated rings. The highest BCUT2D eigenvalue weighted by atomic mass is 16.5. The van der Waals surface area contributed by atoms with Crippen LogP contribution in [0.4, 0.5) is 0 Å². The number of amides is 1. The topological polar surface area (TPSA) is 38.3 Å². The molecule has 0 bridgehead atoms. The minimum absolute atomic E-state index is 0.00630. The van der Waals surface area contributed by atoms with Crippen molar-refractivity contribution >= 4 is 5.91 Å². The SMILES string of the molecule is CO[C@@H]1C=C2C=CC(C)=C[C@]2(C)[C@@H](C)[C@H]1NC(C)=O. The van der Waals surface area contributed by atoms with Gasteiger partial charge in [-0.05, 0) is 24.5 Å². The Morgan fingerprint density at radius 3 is 2.68 bits per heavy atom. The lowest BCUT2D eigenvalue weighted by atomic mass is 9.62. The van der Waals surface area contributed by atoms with Crippen LogP contribution in [0.5, 0.6) is 0 Å². The maximum atomic E-state index is 11.4. The summed E-state index contributed by atoms with van der Waals surface area (Å²) in [6, 6.07) is 0.00630. The van der Waals surface area contributed by atoms with Crippen LogP contribution >= 0.6 is 0 Å². The first-order valence-corrected chi connectivity index (χ1v) is 6.78. The van der Waals surface area contributed by atoms with Crippen LogP contribution in [0.3, 0.4) is 0 Å². The van der Waals surface area contributed by atoms with Crippen LogP contribution in [-0.2, 0) is 9.53 Å². The maximum Gasteiger partial charge on any atom is 0.217 e. The number of rotatable bonds is 2. The average Bonchev–Trinajstić information content (AvgIpc) is 2.33. The molecule has 0 saturated heterocycles. The van der Waals surface area contributed by atoms with E-state index in [1.807, 2.05) is 0 Å². The van der Waals surface area contributed by atoms with E-state index in [-0.39, 0.29) is 29.4 Å². The van der Waals surface area contributed by atoms with Crippen LogP contribution < -0.4 is 5.32 Å². The van der Waals surface area contributed by atoms with Crippen molar-refractivity contribution in [1.29, 1.82) is 0 Å². The van der Waals surface area contributed by atoms with E-state index in [1.165, 1.54) is 11.1 Å². The summed E-state index contributed by atoms with van der Waals surface area (Å²) < 4.78 is 5.55. The van der Waals surface area contributed by atoms with Gasteiger partial charge in [-0.1, -0.05) is 37.6 Å². The van der Waals surface area contributed by atoms with E-state index in [2.05, 4.69) is 50.4 Å². The zero-order chi connectivity index (χ0) is 14.2. The molecule has 0 aromatic carbocycles. The van der Waals surface area contributed by atoms with Gasteiger partial charge in [-0.15, -0.1) is 0 Å². The van der Waals surface area contributed by atoms with Crippen LogP contribution in [-0.4, -0.2) is 25.2 Å². The van der Waals surface area contributed by atoms with E-state index >= 15 is 0 Å². The van der Waals surface area contributed by atoms with Gasteiger partial charge >= 0.3 is 0 Å². The number of hydrogen-bond acceptors (Lipinski definition) is 2. The number of carbonyl (C=O) groups excluding carboxylic acids is 1. The first kappa shape index (κ1) is 14.1. The van der Waals surface area contributed by atoms with Gasteiger partial charge < -0.3 is 10.1 Å². The summed E-state index contributed by atoms with van der Waals surface area (Å²) in [4.78, 5) is 11.4. The molecular weight excluding hydrogens is 238 g/mol. The molecule has 104 valence electrons. The predicted molar refractivity (Wildman–Crippen MR) is 76.7 cm³/mol. The molecule has 3 nitrogen and oxygen atoms in total. The molecule has 1 amide bonds. The van der Waals surface area contributed by atoms with E-state index in [0.29, 0.717) is 0 Å². The van der Waals surface area contributed by atoms with Gasteiger partial charge in [0, 0.05) is 19.4 Å². The van der Waals surface area contributed by atoms with Crippen molar-refractivity contribution in [3.05, 3.63) is 35.5 Å². The van der Waals surface area contributed by atoms with E-state index < -0.39 is 0 Å². The fourth-order valence-electron chi connectivity index (χ4n) is 3.23. The zero-order valence-corrected chi connectivity index (χ0v) is 12.4. The number of hydrogen-bond donors (Lipinski definition) is 1. The Labute approximate surface area is 115 Å². The normalized spacial score (nSPS) is 37.2. The number of methoxy groups -OCH3 is 1. The highest BCUT2D eigenvalue weighted by Crippen LogP contribution is 2.47. The first-order valence-electron chi connectivity index (χ1n) is 6.78. The summed E-state index contributed by atoms with van der Waals surface area (Å²) in [5, 5.41) is 3.04.